The van der Waals surface area contributed by atoms with E-state index in [-0.39, 0.29) is 17.4 Å². The second-order valence-electron chi connectivity index (χ2n) is 8.98. The highest BCUT2D eigenvalue weighted by Gasteiger charge is 2.46. The van der Waals surface area contributed by atoms with E-state index in [9.17, 15) is 4.79 Å². The molecular formula is C23H22ClN7OS. The number of H-pyrrole nitrogens is 1. The fourth-order valence-electron chi connectivity index (χ4n) is 4.64. The van der Waals surface area contributed by atoms with Crippen molar-refractivity contribution in [3.8, 4) is 0 Å². The minimum atomic E-state index is -0.523. The largest absolute Gasteiger partial charge is 0.335 e. The van der Waals surface area contributed by atoms with Crippen LogP contribution in [-0.2, 0) is 12.1 Å². The second kappa shape index (κ2) is 7.43. The summed E-state index contributed by atoms with van der Waals surface area (Å²) < 4.78 is 0.906. The molecule has 2 aliphatic rings. The number of anilines is 2. The van der Waals surface area contributed by atoms with E-state index >= 15 is 0 Å². The summed E-state index contributed by atoms with van der Waals surface area (Å²) in [5.74, 6) is 1.64. The maximum atomic E-state index is 13.2. The van der Waals surface area contributed by atoms with Gasteiger partial charge in [-0.3, -0.25) is 5.10 Å². The lowest BCUT2D eigenvalue weighted by Crippen LogP contribution is -2.47. The standard InChI is InChI=1S/C23H22ClN7OS/c1-23(2)18-14(11-31(23)22(32)26-16-10-13(16)12-6-4-3-5-7-12)19(30-29-18)27-20-17-15(8-9-33-17)25-21(24)28-20/h3-9,13,16H,10-11H2,1-2H3,(H,26,32)(H2,25,27,28,29,30)/t13-,16+/m0/s1. The predicted octanol–water partition coefficient (Wildman–Crippen LogP) is 5.13. The Bertz CT molecular complexity index is 1370. The van der Waals surface area contributed by atoms with Crippen molar-refractivity contribution in [1.29, 1.82) is 0 Å². The van der Waals surface area contributed by atoms with E-state index in [4.69, 9.17) is 11.6 Å². The second-order valence-corrected chi connectivity index (χ2v) is 10.2. The molecule has 6 rings (SSSR count). The molecule has 0 spiro atoms. The van der Waals surface area contributed by atoms with Crippen molar-refractivity contribution in [1.82, 2.24) is 30.4 Å². The molecule has 1 aromatic carbocycles. The van der Waals surface area contributed by atoms with Crippen molar-refractivity contribution in [2.24, 2.45) is 0 Å². The van der Waals surface area contributed by atoms with E-state index in [1.165, 1.54) is 16.9 Å². The van der Waals surface area contributed by atoms with Gasteiger partial charge in [0.2, 0.25) is 5.28 Å². The average Bonchev–Trinajstić information content (AvgIpc) is 3.09. The van der Waals surface area contributed by atoms with Gasteiger partial charge in [-0.25, -0.2) is 9.78 Å². The molecule has 33 heavy (non-hydrogen) atoms. The van der Waals surface area contributed by atoms with Crippen LogP contribution in [0.4, 0.5) is 16.4 Å². The van der Waals surface area contributed by atoms with Crippen molar-refractivity contribution in [2.75, 3.05) is 5.32 Å². The van der Waals surface area contributed by atoms with Crippen LogP contribution in [0.5, 0.6) is 0 Å². The first-order chi connectivity index (χ1) is 15.9. The Hall–Kier alpha value is -3.17. The van der Waals surface area contributed by atoms with Gasteiger partial charge in [0.15, 0.2) is 11.6 Å². The lowest BCUT2D eigenvalue weighted by molar-refractivity contribution is 0.142. The van der Waals surface area contributed by atoms with Gasteiger partial charge in [0.1, 0.15) is 0 Å². The molecule has 168 valence electrons. The highest BCUT2D eigenvalue weighted by molar-refractivity contribution is 7.17. The highest BCUT2D eigenvalue weighted by Crippen LogP contribution is 2.44. The first kappa shape index (κ1) is 20.4. The fourth-order valence-corrected chi connectivity index (χ4v) is 5.59. The van der Waals surface area contributed by atoms with Crippen LogP contribution in [0.3, 0.4) is 0 Å². The van der Waals surface area contributed by atoms with Gasteiger partial charge >= 0.3 is 6.03 Å². The Morgan fingerprint density at radius 3 is 2.85 bits per heavy atom. The molecule has 4 heterocycles. The third-order valence-corrected chi connectivity index (χ3v) is 7.63. The number of hydrogen-bond acceptors (Lipinski definition) is 6. The van der Waals surface area contributed by atoms with Crippen LogP contribution in [-0.4, -0.2) is 37.1 Å². The van der Waals surface area contributed by atoms with Gasteiger partial charge in [0, 0.05) is 17.5 Å². The van der Waals surface area contributed by atoms with Gasteiger partial charge in [0.25, 0.3) is 0 Å². The lowest BCUT2D eigenvalue weighted by atomic mass is 10.0. The molecule has 10 heteroatoms. The van der Waals surface area contributed by atoms with Gasteiger partial charge in [-0.1, -0.05) is 30.3 Å². The Balaban J connectivity index is 1.21. The molecule has 0 radical (unpaired) electrons. The maximum absolute atomic E-state index is 13.2. The van der Waals surface area contributed by atoms with E-state index in [1.807, 2.05) is 48.4 Å². The molecule has 4 aromatic rings. The zero-order valence-electron chi connectivity index (χ0n) is 18.1. The van der Waals surface area contributed by atoms with Crippen molar-refractivity contribution in [2.45, 2.75) is 44.3 Å². The smallest absolute Gasteiger partial charge is 0.318 e. The van der Waals surface area contributed by atoms with E-state index in [0.717, 1.165) is 27.9 Å². The van der Waals surface area contributed by atoms with Crippen molar-refractivity contribution in [3.05, 3.63) is 63.9 Å². The molecule has 2 atom stereocenters. The number of amides is 2. The minimum Gasteiger partial charge on any atom is -0.335 e. The minimum absolute atomic E-state index is 0.0651. The number of urea groups is 1. The van der Waals surface area contributed by atoms with Crippen LogP contribution < -0.4 is 10.6 Å². The van der Waals surface area contributed by atoms with Gasteiger partial charge in [-0.15, -0.1) is 11.3 Å². The van der Waals surface area contributed by atoms with Crippen LogP contribution in [0.1, 0.15) is 43.0 Å². The Labute approximate surface area is 199 Å². The van der Waals surface area contributed by atoms with Gasteiger partial charge in [-0.2, -0.15) is 10.1 Å². The predicted molar refractivity (Wildman–Crippen MR) is 129 cm³/mol. The normalized spacial score (nSPS) is 20.6. The molecule has 8 nitrogen and oxygen atoms in total. The Morgan fingerprint density at radius 2 is 2.03 bits per heavy atom. The van der Waals surface area contributed by atoms with Crippen molar-refractivity contribution in [3.63, 3.8) is 0 Å². The number of fused-ring (bicyclic) bond motifs is 2. The maximum Gasteiger partial charge on any atom is 0.318 e. The summed E-state index contributed by atoms with van der Waals surface area (Å²) in [4.78, 5) is 23.7. The van der Waals surface area contributed by atoms with Crippen LogP contribution in [0.2, 0.25) is 5.28 Å². The molecular weight excluding hydrogens is 458 g/mol. The molecule has 2 amide bonds. The highest BCUT2D eigenvalue weighted by atomic mass is 35.5. The summed E-state index contributed by atoms with van der Waals surface area (Å²) in [7, 11) is 0. The third-order valence-electron chi connectivity index (χ3n) is 6.56. The number of rotatable bonds is 4. The summed E-state index contributed by atoms with van der Waals surface area (Å²) in [6, 6.07) is 12.3. The number of carbonyl (C=O) groups is 1. The van der Waals surface area contributed by atoms with E-state index < -0.39 is 5.54 Å². The molecule has 1 aliphatic heterocycles. The van der Waals surface area contributed by atoms with Crippen LogP contribution in [0.25, 0.3) is 10.2 Å². The lowest BCUT2D eigenvalue weighted by Gasteiger charge is -2.32. The first-order valence-electron chi connectivity index (χ1n) is 10.8. The number of benzene rings is 1. The quantitative estimate of drug-likeness (QED) is 0.352. The molecule has 1 fully saturated rings. The molecule has 0 unspecified atom stereocenters. The van der Waals surface area contributed by atoms with Crippen LogP contribution >= 0.6 is 22.9 Å². The topological polar surface area (TPSA) is 98.8 Å². The molecule has 3 N–H and O–H groups in total. The number of thiophene rings is 1. The SMILES string of the molecule is CC1(C)c2[nH]nc(Nc3nc(Cl)nc4ccsc34)c2CN1C(=O)N[C@@H]1C[C@H]1c1ccccc1. The summed E-state index contributed by atoms with van der Waals surface area (Å²) in [5, 5.41) is 16.3. The molecule has 0 saturated heterocycles. The zero-order chi connectivity index (χ0) is 22.7. The van der Waals surface area contributed by atoms with Gasteiger partial charge < -0.3 is 15.5 Å². The Morgan fingerprint density at radius 1 is 1.21 bits per heavy atom. The first-order valence-corrected chi connectivity index (χ1v) is 12.1. The van der Waals surface area contributed by atoms with Crippen LogP contribution in [0, 0.1) is 0 Å². The number of aromatic nitrogens is 4. The number of carbonyl (C=O) groups excluding carboxylic acids is 1. The van der Waals surface area contributed by atoms with Crippen LogP contribution in [0.15, 0.2) is 41.8 Å². The number of halogens is 1. The molecule has 3 aromatic heterocycles. The number of aromatic amines is 1. The van der Waals surface area contributed by atoms with Crippen molar-refractivity contribution >= 4 is 50.8 Å². The number of nitrogens with zero attached hydrogens (tertiary/aromatic N) is 4. The Kier molecular flexibility index (Phi) is 4.60. The summed E-state index contributed by atoms with van der Waals surface area (Å²) in [5.41, 5.74) is 3.40. The molecule has 0 bridgehead atoms. The number of nitrogens with one attached hydrogen (secondary N) is 3. The number of hydrogen-bond donors (Lipinski definition) is 3. The van der Waals surface area contributed by atoms with E-state index in [2.05, 4.69) is 42.9 Å². The fraction of sp³-hybridized carbons (Fsp3) is 0.304. The summed E-state index contributed by atoms with van der Waals surface area (Å²) in [6.45, 7) is 4.50. The monoisotopic (exact) mass is 479 g/mol. The van der Waals surface area contributed by atoms with Gasteiger partial charge in [0.05, 0.1) is 28.0 Å². The summed E-state index contributed by atoms with van der Waals surface area (Å²) >= 11 is 7.65. The van der Waals surface area contributed by atoms with E-state index in [1.54, 1.807) is 0 Å². The molecule has 1 saturated carbocycles. The van der Waals surface area contributed by atoms with E-state index in [0.29, 0.717) is 24.1 Å². The average molecular weight is 480 g/mol. The zero-order valence-corrected chi connectivity index (χ0v) is 19.7. The van der Waals surface area contributed by atoms with Crippen molar-refractivity contribution < 1.29 is 4.79 Å². The summed E-state index contributed by atoms with van der Waals surface area (Å²) in [6.07, 6.45) is 0.967. The molecule has 1 aliphatic carbocycles. The van der Waals surface area contributed by atoms with Gasteiger partial charge in [-0.05, 0) is 48.9 Å². The third kappa shape index (κ3) is 3.43.